The highest BCUT2D eigenvalue weighted by Gasteiger charge is 2.27. The number of fused-ring (bicyclic) bond motifs is 9. The van der Waals surface area contributed by atoms with E-state index < -0.39 is 0 Å². The second-order valence-corrected chi connectivity index (χ2v) is 16.3. The van der Waals surface area contributed by atoms with Crippen LogP contribution in [-0.4, -0.2) is 5.84 Å². The molecule has 0 saturated heterocycles. The maximum atomic E-state index is 5.32. The molecule has 0 aliphatic carbocycles. The minimum atomic E-state index is -0.198. The van der Waals surface area contributed by atoms with Gasteiger partial charge >= 0.3 is 0 Å². The van der Waals surface area contributed by atoms with Crippen LogP contribution in [-0.2, 0) is 0 Å². The molecule has 0 spiro atoms. The summed E-state index contributed by atoms with van der Waals surface area (Å²) in [5, 5.41) is 15.5. The lowest BCUT2D eigenvalue weighted by atomic mass is 9.99. The third-order valence-electron chi connectivity index (χ3n) is 10.2. The van der Waals surface area contributed by atoms with Gasteiger partial charge in [-0.3, -0.25) is 5.32 Å². The van der Waals surface area contributed by atoms with Crippen LogP contribution in [0.4, 0.5) is 0 Å². The molecular formula is C45H29N3S3. The Hall–Kier alpha value is -5.37. The van der Waals surface area contributed by atoms with Gasteiger partial charge in [0.1, 0.15) is 18.2 Å². The van der Waals surface area contributed by atoms with E-state index in [-0.39, 0.29) is 12.3 Å². The Morgan fingerprint density at radius 1 is 0.431 bits per heavy atom. The molecule has 1 aliphatic rings. The zero-order valence-electron chi connectivity index (χ0n) is 27.3. The van der Waals surface area contributed by atoms with E-state index in [1.54, 1.807) is 0 Å². The predicted octanol–water partition coefficient (Wildman–Crippen LogP) is 12.8. The van der Waals surface area contributed by atoms with Crippen LogP contribution in [0.5, 0.6) is 0 Å². The second kappa shape index (κ2) is 11.6. The fourth-order valence-corrected chi connectivity index (χ4v) is 11.4. The van der Waals surface area contributed by atoms with Gasteiger partial charge in [-0.05, 0) is 41.5 Å². The van der Waals surface area contributed by atoms with Crippen molar-refractivity contribution in [1.29, 1.82) is 0 Å². The lowest BCUT2D eigenvalue weighted by Crippen LogP contribution is -2.45. The number of nitrogens with zero attached hydrogens (tertiary/aromatic N) is 1. The summed E-state index contributed by atoms with van der Waals surface area (Å²) in [5.41, 5.74) is 6.08. The Kier molecular flexibility index (Phi) is 6.67. The molecule has 1 aliphatic heterocycles. The lowest BCUT2D eigenvalue weighted by molar-refractivity contribution is 0.409. The standard InChI is InChI=1S/C45H29N3S3/c1-2-11-26(12-3-1)43-46-44(48-45(47-43)34-19-10-22-39-40(34)33-14-5-7-21-37(33)49-39)27-23-24-38-35(25-27)32-18-9-17-31(42(32)51-38)30-16-8-15-29-28-13-4-6-20-36(28)50-41(29)30/h1-25,43-44,46H,(H,47,48). The first kappa shape index (κ1) is 29.4. The van der Waals surface area contributed by atoms with Crippen molar-refractivity contribution in [2.45, 2.75) is 12.3 Å². The molecule has 242 valence electrons. The average molecular weight is 708 g/mol. The van der Waals surface area contributed by atoms with Crippen LogP contribution in [0.25, 0.3) is 71.6 Å². The molecule has 2 unspecified atom stereocenters. The summed E-state index contributed by atoms with van der Waals surface area (Å²) in [5.74, 6) is 0.913. The molecule has 0 amide bonds. The molecule has 7 aromatic carbocycles. The van der Waals surface area contributed by atoms with Gasteiger partial charge in [-0.1, -0.05) is 121 Å². The lowest BCUT2D eigenvalue weighted by Gasteiger charge is -2.32. The van der Waals surface area contributed by atoms with Crippen LogP contribution in [0, 0.1) is 0 Å². The Morgan fingerprint density at radius 2 is 1.02 bits per heavy atom. The number of amidine groups is 1. The van der Waals surface area contributed by atoms with Gasteiger partial charge in [0.25, 0.3) is 0 Å². The molecule has 2 N–H and O–H groups in total. The number of rotatable bonds is 4. The smallest absolute Gasteiger partial charge is 0.132 e. The summed E-state index contributed by atoms with van der Waals surface area (Å²) in [6, 6.07) is 55.2. The number of thiophene rings is 3. The van der Waals surface area contributed by atoms with Crippen LogP contribution in [0.15, 0.2) is 157 Å². The first-order valence-electron chi connectivity index (χ1n) is 17.2. The minimum absolute atomic E-state index is 0.141. The highest BCUT2D eigenvalue weighted by molar-refractivity contribution is 7.27. The van der Waals surface area contributed by atoms with Gasteiger partial charge in [-0.15, -0.1) is 34.0 Å². The number of aliphatic imine (C=N–C) groups is 1. The van der Waals surface area contributed by atoms with Gasteiger partial charge in [0.15, 0.2) is 0 Å². The van der Waals surface area contributed by atoms with E-state index in [2.05, 4.69) is 162 Å². The third kappa shape index (κ3) is 4.68. The van der Waals surface area contributed by atoms with Gasteiger partial charge in [-0.2, -0.15) is 0 Å². The van der Waals surface area contributed by atoms with E-state index in [0.717, 1.165) is 17.0 Å². The average Bonchev–Trinajstić information content (AvgIpc) is 3.89. The summed E-state index contributed by atoms with van der Waals surface area (Å²) < 4.78 is 7.89. The Bertz CT molecular complexity index is 3000. The monoisotopic (exact) mass is 707 g/mol. The van der Waals surface area contributed by atoms with E-state index >= 15 is 0 Å². The van der Waals surface area contributed by atoms with Crippen LogP contribution in [0.2, 0.25) is 0 Å². The van der Waals surface area contributed by atoms with Crippen LogP contribution in [0.3, 0.4) is 0 Å². The molecule has 2 atom stereocenters. The summed E-state index contributed by atoms with van der Waals surface area (Å²) in [4.78, 5) is 5.32. The van der Waals surface area contributed by atoms with E-state index in [1.165, 1.54) is 77.2 Å². The van der Waals surface area contributed by atoms with Gasteiger partial charge in [0.05, 0.1) is 0 Å². The molecule has 6 heteroatoms. The van der Waals surface area contributed by atoms with E-state index in [1.807, 2.05) is 34.0 Å². The number of hydrogen-bond acceptors (Lipinski definition) is 6. The third-order valence-corrected chi connectivity index (χ3v) is 13.8. The number of benzene rings is 7. The summed E-state index contributed by atoms with van der Waals surface area (Å²) in [7, 11) is 0. The fourth-order valence-electron chi connectivity index (χ4n) is 7.81. The van der Waals surface area contributed by atoms with E-state index in [9.17, 15) is 0 Å². The predicted molar refractivity (Wildman–Crippen MR) is 222 cm³/mol. The first-order chi connectivity index (χ1) is 25.3. The van der Waals surface area contributed by atoms with Crippen molar-refractivity contribution in [2.24, 2.45) is 4.99 Å². The number of hydrogen-bond donors (Lipinski definition) is 2. The van der Waals surface area contributed by atoms with Crippen molar-refractivity contribution in [3.8, 4) is 11.1 Å². The van der Waals surface area contributed by atoms with Gasteiger partial charge < -0.3 is 5.32 Å². The molecule has 4 heterocycles. The molecule has 0 bridgehead atoms. The Labute approximate surface area is 306 Å². The summed E-state index contributed by atoms with van der Waals surface area (Å²) in [6.07, 6.45) is -0.339. The Morgan fingerprint density at radius 3 is 1.80 bits per heavy atom. The zero-order valence-corrected chi connectivity index (χ0v) is 29.7. The van der Waals surface area contributed by atoms with Gasteiger partial charge in [-0.25, -0.2) is 4.99 Å². The maximum Gasteiger partial charge on any atom is 0.132 e. The molecule has 0 saturated carbocycles. The van der Waals surface area contributed by atoms with E-state index in [0.29, 0.717) is 0 Å². The molecule has 0 radical (unpaired) electrons. The SMILES string of the molecule is c1ccc(C2N=C(c3cccc4sc5ccccc5c34)NC(c3ccc4sc5c(-c6cccc7c6sc6ccccc67)cccc5c4c3)N2)cc1. The highest BCUT2D eigenvalue weighted by Crippen LogP contribution is 2.46. The van der Waals surface area contributed by atoms with Crippen molar-refractivity contribution in [3.05, 3.63) is 168 Å². The van der Waals surface area contributed by atoms with Crippen LogP contribution >= 0.6 is 34.0 Å². The van der Waals surface area contributed by atoms with Crippen molar-refractivity contribution in [2.75, 3.05) is 0 Å². The summed E-state index contributed by atoms with van der Waals surface area (Å²) in [6.45, 7) is 0. The van der Waals surface area contributed by atoms with Crippen molar-refractivity contribution in [1.82, 2.24) is 10.6 Å². The topological polar surface area (TPSA) is 36.4 Å². The van der Waals surface area contributed by atoms with Gasteiger partial charge in [0, 0.05) is 77.2 Å². The largest absolute Gasteiger partial charge is 0.350 e. The molecule has 11 rings (SSSR count). The summed E-state index contributed by atoms with van der Waals surface area (Å²) >= 11 is 5.63. The minimum Gasteiger partial charge on any atom is -0.350 e. The molecule has 3 aromatic heterocycles. The Balaban J connectivity index is 1.05. The first-order valence-corrected chi connectivity index (χ1v) is 19.6. The van der Waals surface area contributed by atoms with E-state index in [4.69, 9.17) is 4.99 Å². The van der Waals surface area contributed by atoms with Crippen LogP contribution < -0.4 is 10.6 Å². The van der Waals surface area contributed by atoms with Crippen molar-refractivity contribution in [3.63, 3.8) is 0 Å². The fraction of sp³-hybridized carbons (Fsp3) is 0.0444. The zero-order chi connectivity index (χ0) is 33.5. The highest BCUT2D eigenvalue weighted by atomic mass is 32.1. The van der Waals surface area contributed by atoms with Gasteiger partial charge in [0.2, 0.25) is 0 Å². The van der Waals surface area contributed by atoms with Crippen LogP contribution in [0.1, 0.15) is 29.0 Å². The second-order valence-electron chi connectivity index (χ2n) is 13.1. The maximum absolute atomic E-state index is 5.32. The van der Waals surface area contributed by atoms with Crippen molar-refractivity contribution < 1.29 is 0 Å². The quantitative estimate of drug-likeness (QED) is 0.191. The number of nitrogens with one attached hydrogen (secondary N) is 2. The molecule has 51 heavy (non-hydrogen) atoms. The molecule has 3 nitrogen and oxygen atoms in total. The molecule has 0 fully saturated rings. The van der Waals surface area contributed by atoms with Crippen molar-refractivity contribution >= 4 is 100 Å². The molecule has 10 aromatic rings. The molecular weight excluding hydrogens is 679 g/mol. The normalized spacial score (nSPS) is 16.4.